The fourth-order valence-corrected chi connectivity index (χ4v) is 8.54. The number of fused-ring (bicyclic) bond motifs is 8. The molecule has 0 aliphatic heterocycles. The number of rotatable bonds is 6. The first-order chi connectivity index (χ1) is 21.8. The van der Waals surface area contributed by atoms with Gasteiger partial charge in [-0.1, -0.05) is 72.8 Å². The van der Waals surface area contributed by atoms with Gasteiger partial charge in [0.1, 0.15) is 0 Å². The Balaban J connectivity index is 0.000000176. The molecule has 0 amide bonds. The van der Waals surface area contributed by atoms with Gasteiger partial charge < -0.3 is 31.2 Å². The summed E-state index contributed by atoms with van der Waals surface area (Å²) in [6, 6.07) is 21.6. The van der Waals surface area contributed by atoms with E-state index in [2.05, 4.69) is 152 Å². The second-order valence-electron chi connectivity index (χ2n) is 12.7. The first-order valence-electron chi connectivity index (χ1n) is 16.5. The van der Waals surface area contributed by atoms with E-state index in [0.717, 1.165) is 18.3 Å². The zero-order chi connectivity index (χ0) is 30.0. The summed E-state index contributed by atoms with van der Waals surface area (Å²) in [4.78, 5) is 0. The zero-order valence-electron chi connectivity index (χ0n) is 26.4. The van der Waals surface area contributed by atoms with Gasteiger partial charge in [0, 0.05) is 0 Å². The van der Waals surface area contributed by atoms with Crippen molar-refractivity contribution in [3.63, 3.8) is 0 Å². The van der Waals surface area contributed by atoms with E-state index >= 15 is 0 Å². The molecule has 0 N–H and O–H groups in total. The van der Waals surface area contributed by atoms with E-state index in [-0.39, 0.29) is 24.8 Å². The van der Waals surface area contributed by atoms with E-state index in [1.165, 1.54) is 36.8 Å². The second-order valence-corrected chi connectivity index (χ2v) is 14.4. The molecule has 8 unspecified atom stereocenters. The molecule has 0 heterocycles. The minimum absolute atomic E-state index is 0. The second kappa shape index (κ2) is 18.9. The molecule has 0 bridgehead atoms. The molecular formula is C43H44Cl2Zr-2. The van der Waals surface area contributed by atoms with Gasteiger partial charge in [-0.15, -0.1) is 18.4 Å². The molecule has 6 aliphatic carbocycles. The standard InChI is InChI=1S/C21H21.C17H18.C5H5.2ClH.Zr/c1-2-8-15-14(7-1)13-20-18-11-4-3-9-16(18)17-10-5-6-12-19(17)21(15)20;1-4-10-16(11-5-1)14-8-3-9-15-17-12-6-2-7-13-17;1-2-4-5-3-1;;;/h1-21H;1-2,4-7,10-13H,8-9,14-15H2;1-3H,4H2;2*1H;/q-1;;-1;;;+2/p-2. The quantitative estimate of drug-likeness (QED) is 0.399. The van der Waals surface area contributed by atoms with Crippen molar-refractivity contribution < 1.29 is 49.0 Å². The van der Waals surface area contributed by atoms with Crippen LogP contribution in [0.4, 0.5) is 0 Å². The third kappa shape index (κ3) is 9.40. The van der Waals surface area contributed by atoms with Crippen LogP contribution in [0.2, 0.25) is 0 Å². The van der Waals surface area contributed by atoms with Crippen molar-refractivity contribution in [3.05, 3.63) is 175 Å². The summed E-state index contributed by atoms with van der Waals surface area (Å²) >= 11 is 1.60. The first-order valence-corrected chi connectivity index (χ1v) is 17.8. The monoisotopic (exact) mass is 720 g/mol. The SMILES string of the molecule is C1=CC2[CH-]C3C4C=CC=CC4C4C=CC=CC4C3C2C=C1.[C-]1=CC=CC1.[Cl-].[Cl-].[Zr+2]=[C](CCc1ccccc1)CCc1ccccc1. The van der Waals surface area contributed by atoms with E-state index < -0.39 is 0 Å². The minimum atomic E-state index is 0. The van der Waals surface area contributed by atoms with Crippen LogP contribution in [-0.4, -0.2) is 3.21 Å². The zero-order valence-corrected chi connectivity index (χ0v) is 30.4. The molecule has 2 saturated carbocycles. The van der Waals surface area contributed by atoms with Crippen LogP contribution in [0.3, 0.4) is 0 Å². The van der Waals surface area contributed by atoms with Crippen molar-refractivity contribution in [2.75, 3.05) is 0 Å². The predicted molar refractivity (Wildman–Crippen MR) is 183 cm³/mol. The molecule has 8 atom stereocenters. The van der Waals surface area contributed by atoms with Gasteiger partial charge in [-0.05, 0) is 29.6 Å². The maximum absolute atomic E-state index is 2.99. The normalized spacial score (nSPS) is 29.4. The first kappa shape index (κ1) is 36.5. The van der Waals surface area contributed by atoms with Crippen molar-refractivity contribution in [1.82, 2.24) is 0 Å². The summed E-state index contributed by atoms with van der Waals surface area (Å²) in [7, 11) is 0. The Morgan fingerprint density at radius 1 is 0.609 bits per heavy atom. The van der Waals surface area contributed by atoms with Gasteiger partial charge in [0.05, 0.1) is 0 Å². The van der Waals surface area contributed by atoms with Gasteiger partial charge >= 0.3 is 125 Å². The van der Waals surface area contributed by atoms with Crippen LogP contribution in [0.15, 0.2) is 152 Å². The Hall–Kier alpha value is -2.31. The van der Waals surface area contributed by atoms with Gasteiger partial charge in [-0.2, -0.15) is 12.0 Å². The van der Waals surface area contributed by atoms with Crippen molar-refractivity contribution in [1.29, 1.82) is 0 Å². The molecule has 0 nitrogen and oxygen atoms in total. The molecule has 0 spiro atoms. The summed E-state index contributed by atoms with van der Waals surface area (Å²) in [5.74, 6) is 5.66. The fraction of sp³-hybridized carbons (Fsp3) is 0.302. The van der Waals surface area contributed by atoms with Crippen LogP contribution in [-0.2, 0) is 37.1 Å². The Labute approximate surface area is 305 Å². The molecule has 8 rings (SSSR count). The van der Waals surface area contributed by atoms with Crippen molar-refractivity contribution in [2.45, 2.75) is 32.1 Å². The number of aryl methyl sites for hydroxylation is 2. The summed E-state index contributed by atoms with van der Waals surface area (Å²) in [5, 5.41) is 0. The Morgan fingerprint density at radius 3 is 1.63 bits per heavy atom. The van der Waals surface area contributed by atoms with Gasteiger partial charge in [0.2, 0.25) is 0 Å². The summed E-state index contributed by atoms with van der Waals surface area (Å²) in [5.41, 5.74) is 2.91. The third-order valence-corrected chi connectivity index (χ3v) is 11.3. The third-order valence-electron chi connectivity index (χ3n) is 10.0. The Bertz CT molecular complexity index is 1420. The average molecular weight is 723 g/mol. The van der Waals surface area contributed by atoms with Crippen LogP contribution < -0.4 is 24.8 Å². The summed E-state index contributed by atoms with van der Waals surface area (Å²) in [6.07, 6.45) is 45.9. The average Bonchev–Trinajstić information content (AvgIpc) is 3.81. The van der Waals surface area contributed by atoms with E-state index in [4.69, 9.17) is 0 Å². The van der Waals surface area contributed by atoms with Crippen LogP contribution in [0.25, 0.3) is 0 Å². The Kier molecular flexibility index (Phi) is 15.0. The summed E-state index contributed by atoms with van der Waals surface area (Å²) in [6.45, 7) is 0. The number of hydrogen-bond donors (Lipinski definition) is 0. The molecule has 2 fully saturated rings. The molecule has 3 heteroatoms. The molecule has 0 aromatic heterocycles. The van der Waals surface area contributed by atoms with Crippen molar-refractivity contribution in [2.24, 2.45) is 47.3 Å². The van der Waals surface area contributed by atoms with E-state index in [0.29, 0.717) is 35.5 Å². The van der Waals surface area contributed by atoms with E-state index in [9.17, 15) is 0 Å². The van der Waals surface area contributed by atoms with E-state index in [1.807, 2.05) is 12.2 Å². The molecular weight excluding hydrogens is 679 g/mol. The Morgan fingerprint density at radius 2 is 1.11 bits per heavy atom. The molecule has 6 aliphatic rings. The summed E-state index contributed by atoms with van der Waals surface area (Å²) < 4.78 is 1.69. The maximum atomic E-state index is 2.99. The van der Waals surface area contributed by atoms with Crippen molar-refractivity contribution >= 4 is 3.21 Å². The van der Waals surface area contributed by atoms with Gasteiger partial charge in [-0.3, -0.25) is 6.08 Å². The molecule has 46 heavy (non-hydrogen) atoms. The van der Waals surface area contributed by atoms with Gasteiger partial charge in [0.15, 0.2) is 0 Å². The molecule has 0 saturated heterocycles. The van der Waals surface area contributed by atoms with Crippen LogP contribution in [0, 0.1) is 59.8 Å². The fourth-order valence-electron chi connectivity index (χ4n) is 7.93. The van der Waals surface area contributed by atoms with E-state index in [1.54, 1.807) is 27.4 Å². The topological polar surface area (TPSA) is 0 Å². The van der Waals surface area contributed by atoms with Crippen LogP contribution in [0.5, 0.6) is 0 Å². The number of halogens is 2. The number of hydrogen-bond acceptors (Lipinski definition) is 0. The molecule has 0 radical (unpaired) electrons. The van der Waals surface area contributed by atoms with Crippen molar-refractivity contribution in [3.8, 4) is 0 Å². The molecule has 2 aromatic carbocycles. The van der Waals surface area contributed by atoms with Crippen LogP contribution in [0.1, 0.15) is 30.4 Å². The number of allylic oxidation sites excluding steroid dienone is 16. The van der Waals surface area contributed by atoms with Gasteiger partial charge in [-0.25, -0.2) is 12.2 Å². The van der Waals surface area contributed by atoms with Gasteiger partial charge in [0.25, 0.3) is 0 Å². The predicted octanol–water partition coefficient (Wildman–Crippen LogP) is 3.81. The number of benzene rings is 2. The molecule has 236 valence electrons. The molecule has 2 aromatic rings. The van der Waals surface area contributed by atoms with Crippen LogP contribution >= 0.6 is 0 Å².